The summed E-state index contributed by atoms with van der Waals surface area (Å²) in [6.07, 6.45) is -2.64. The summed E-state index contributed by atoms with van der Waals surface area (Å²) in [7, 11) is 1.63. The lowest BCUT2D eigenvalue weighted by molar-refractivity contribution is -0.141. The van der Waals surface area contributed by atoms with Crippen molar-refractivity contribution in [3.8, 4) is 5.75 Å². The SMILES string of the molecule is CCNC(=NCCc1ccc(OC)cc1)NCCNc1nccc(C(F)(F)F)n1.I. The van der Waals surface area contributed by atoms with Crippen molar-refractivity contribution in [3.63, 3.8) is 0 Å². The number of methoxy groups -OCH3 is 1. The largest absolute Gasteiger partial charge is 0.497 e. The van der Waals surface area contributed by atoms with Gasteiger partial charge in [-0.3, -0.25) is 4.99 Å². The second-order valence-electron chi connectivity index (χ2n) is 5.98. The summed E-state index contributed by atoms with van der Waals surface area (Å²) in [5.41, 5.74) is 0.171. The van der Waals surface area contributed by atoms with Gasteiger partial charge in [0.25, 0.3) is 0 Å². The summed E-state index contributed by atoms with van der Waals surface area (Å²) in [6, 6.07) is 8.64. The van der Waals surface area contributed by atoms with Crippen LogP contribution in [0.4, 0.5) is 19.1 Å². The van der Waals surface area contributed by atoms with Crippen LogP contribution < -0.4 is 20.7 Å². The first kappa shape index (κ1) is 25.7. The van der Waals surface area contributed by atoms with E-state index >= 15 is 0 Å². The highest BCUT2D eigenvalue weighted by atomic mass is 127. The fourth-order valence-corrected chi connectivity index (χ4v) is 2.39. The number of guanidine groups is 1. The van der Waals surface area contributed by atoms with Crippen LogP contribution >= 0.6 is 24.0 Å². The molecule has 166 valence electrons. The molecule has 0 fully saturated rings. The summed E-state index contributed by atoms with van der Waals surface area (Å²) in [5, 5.41) is 9.01. The van der Waals surface area contributed by atoms with Crippen molar-refractivity contribution in [3.05, 3.63) is 47.8 Å². The molecule has 0 aliphatic heterocycles. The molecule has 1 heterocycles. The van der Waals surface area contributed by atoms with E-state index in [0.717, 1.165) is 30.0 Å². The van der Waals surface area contributed by atoms with Gasteiger partial charge in [0.2, 0.25) is 5.95 Å². The van der Waals surface area contributed by atoms with E-state index < -0.39 is 11.9 Å². The van der Waals surface area contributed by atoms with Crippen LogP contribution in [0.3, 0.4) is 0 Å². The fraction of sp³-hybridized carbons (Fsp3) is 0.421. The molecular formula is C19H26F3IN6O. The predicted molar refractivity (Wildman–Crippen MR) is 122 cm³/mol. The maximum Gasteiger partial charge on any atom is 0.433 e. The van der Waals surface area contributed by atoms with E-state index in [2.05, 4.69) is 30.9 Å². The van der Waals surface area contributed by atoms with E-state index in [0.29, 0.717) is 32.1 Å². The average Bonchev–Trinajstić information content (AvgIpc) is 2.71. The van der Waals surface area contributed by atoms with E-state index in [-0.39, 0.29) is 29.9 Å². The lowest BCUT2D eigenvalue weighted by Gasteiger charge is -2.12. The number of aliphatic imine (C=N–C) groups is 1. The van der Waals surface area contributed by atoms with Gasteiger partial charge in [-0.2, -0.15) is 13.2 Å². The van der Waals surface area contributed by atoms with Gasteiger partial charge in [-0.25, -0.2) is 9.97 Å². The Bertz CT molecular complexity index is 787. The van der Waals surface area contributed by atoms with Gasteiger partial charge in [-0.15, -0.1) is 24.0 Å². The second-order valence-corrected chi connectivity index (χ2v) is 5.98. The molecule has 0 radical (unpaired) electrons. The standard InChI is InChI=1S/C19H25F3N6O.HI/c1-3-23-17(24-10-8-14-4-6-15(29-2)7-5-14)26-12-13-27-18-25-11-9-16(28-18)19(20,21)22;/h4-7,9,11H,3,8,10,12-13H2,1-2H3,(H2,23,24,26)(H,25,27,28);1H. The number of aromatic nitrogens is 2. The van der Waals surface area contributed by atoms with Crippen LogP contribution in [0.25, 0.3) is 0 Å². The molecule has 2 aromatic rings. The Labute approximate surface area is 191 Å². The first-order valence-corrected chi connectivity index (χ1v) is 9.21. The van der Waals surface area contributed by atoms with Gasteiger partial charge in [-0.1, -0.05) is 12.1 Å². The van der Waals surface area contributed by atoms with E-state index in [9.17, 15) is 13.2 Å². The molecular weight excluding hydrogens is 512 g/mol. The van der Waals surface area contributed by atoms with Gasteiger partial charge in [0.15, 0.2) is 5.96 Å². The number of rotatable bonds is 9. The highest BCUT2D eigenvalue weighted by molar-refractivity contribution is 14.0. The van der Waals surface area contributed by atoms with Gasteiger partial charge >= 0.3 is 6.18 Å². The molecule has 0 saturated carbocycles. The minimum Gasteiger partial charge on any atom is -0.497 e. The molecule has 3 N–H and O–H groups in total. The summed E-state index contributed by atoms with van der Waals surface area (Å²) >= 11 is 0. The van der Waals surface area contributed by atoms with Crippen LogP contribution in [0.5, 0.6) is 5.75 Å². The Morgan fingerprint density at radius 1 is 1.10 bits per heavy atom. The smallest absolute Gasteiger partial charge is 0.433 e. The normalized spacial score (nSPS) is 11.4. The second kappa shape index (κ2) is 13.1. The first-order valence-electron chi connectivity index (χ1n) is 9.21. The number of benzene rings is 1. The molecule has 0 atom stereocenters. The van der Waals surface area contributed by atoms with Crippen LogP contribution in [-0.4, -0.2) is 49.2 Å². The minimum absolute atomic E-state index is 0. The predicted octanol–water partition coefficient (Wildman–Crippen LogP) is 3.33. The Hall–Kier alpha value is -2.31. The Kier molecular flexibility index (Phi) is 11.2. The molecule has 30 heavy (non-hydrogen) atoms. The Morgan fingerprint density at radius 2 is 1.83 bits per heavy atom. The van der Waals surface area contributed by atoms with Crippen LogP contribution in [0.2, 0.25) is 0 Å². The van der Waals surface area contributed by atoms with E-state index in [4.69, 9.17) is 4.74 Å². The van der Waals surface area contributed by atoms with E-state index in [1.165, 1.54) is 0 Å². The van der Waals surface area contributed by atoms with Gasteiger partial charge in [0, 0.05) is 32.4 Å². The number of nitrogens with one attached hydrogen (secondary N) is 3. The zero-order valence-corrected chi connectivity index (χ0v) is 19.1. The van der Waals surface area contributed by atoms with Crippen LogP contribution in [-0.2, 0) is 12.6 Å². The monoisotopic (exact) mass is 538 g/mol. The lowest BCUT2D eigenvalue weighted by atomic mass is 10.1. The highest BCUT2D eigenvalue weighted by Gasteiger charge is 2.32. The molecule has 7 nitrogen and oxygen atoms in total. The number of halogens is 4. The van der Waals surface area contributed by atoms with Crippen LogP contribution in [0, 0.1) is 0 Å². The van der Waals surface area contributed by atoms with Crippen molar-refractivity contribution in [2.75, 3.05) is 38.6 Å². The number of hydrogen-bond acceptors (Lipinski definition) is 5. The minimum atomic E-state index is -4.49. The molecule has 1 aromatic heterocycles. The Morgan fingerprint density at radius 3 is 2.47 bits per heavy atom. The number of alkyl halides is 3. The molecule has 0 spiro atoms. The van der Waals surface area contributed by atoms with Crippen LogP contribution in [0.1, 0.15) is 18.2 Å². The van der Waals surface area contributed by atoms with E-state index in [1.807, 2.05) is 31.2 Å². The molecule has 0 unspecified atom stereocenters. The van der Waals surface area contributed by atoms with Crippen molar-refractivity contribution in [2.24, 2.45) is 4.99 Å². The number of nitrogens with zero attached hydrogens (tertiary/aromatic N) is 3. The zero-order chi connectivity index (χ0) is 21.1. The van der Waals surface area contributed by atoms with Crippen molar-refractivity contribution in [1.29, 1.82) is 0 Å². The Balaban J connectivity index is 0.00000450. The maximum absolute atomic E-state index is 12.7. The first-order chi connectivity index (χ1) is 13.9. The average molecular weight is 538 g/mol. The highest BCUT2D eigenvalue weighted by Crippen LogP contribution is 2.27. The summed E-state index contributed by atoms with van der Waals surface area (Å²) < 4.78 is 43.1. The topological polar surface area (TPSA) is 83.5 Å². The quantitative estimate of drug-likeness (QED) is 0.197. The maximum atomic E-state index is 12.7. The van der Waals surface area contributed by atoms with Gasteiger partial charge in [-0.05, 0) is 37.1 Å². The third kappa shape index (κ3) is 9.01. The molecule has 11 heteroatoms. The number of hydrogen-bond donors (Lipinski definition) is 3. The zero-order valence-electron chi connectivity index (χ0n) is 16.8. The van der Waals surface area contributed by atoms with Crippen molar-refractivity contribution < 1.29 is 17.9 Å². The molecule has 1 aromatic carbocycles. The molecule has 0 saturated heterocycles. The lowest BCUT2D eigenvalue weighted by Crippen LogP contribution is -2.39. The summed E-state index contributed by atoms with van der Waals surface area (Å²) in [5.74, 6) is 1.38. The van der Waals surface area contributed by atoms with Gasteiger partial charge in [0.1, 0.15) is 11.4 Å². The fourth-order valence-electron chi connectivity index (χ4n) is 2.39. The van der Waals surface area contributed by atoms with Gasteiger partial charge in [0.05, 0.1) is 7.11 Å². The van der Waals surface area contributed by atoms with Crippen molar-refractivity contribution >= 4 is 35.9 Å². The van der Waals surface area contributed by atoms with Crippen molar-refractivity contribution in [2.45, 2.75) is 19.5 Å². The summed E-state index contributed by atoms with van der Waals surface area (Å²) in [4.78, 5) is 11.8. The van der Waals surface area contributed by atoms with Gasteiger partial charge < -0.3 is 20.7 Å². The molecule has 0 aliphatic rings. The van der Waals surface area contributed by atoms with Crippen LogP contribution in [0.15, 0.2) is 41.5 Å². The molecule has 0 amide bonds. The molecule has 0 bridgehead atoms. The molecule has 2 rings (SSSR count). The van der Waals surface area contributed by atoms with Crippen molar-refractivity contribution in [1.82, 2.24) is 20.6 Å². The third-order valence-electron chi connectivity index (χ3n) is 3.82. The third-order valence-corrected chi connectivity index (χ3v) is 3.82. The van der Waals surface area contributed by atoms with E-state index in [1.54, 1.807) is 7.11 Å². The molecule has 0 aliphatic carbocycles. The summed E-state index contributed by atoms with van der Waals surface area (Å²) in [6.45, 7) is 4.01. The number of ether oxygens (including phenoxy) is 1. The number of anilines is 1.